The highest BCUT2D eigenvalue weighted by Crippen LogP contribution is 2.27. The van der Waals surface area contributed by atoms with Crippen LogP contribution in [0.2, 0.25) is 0 Å². The highest BCUT2D eigenvalue weighted by atomic mass is 32.2. The molecule has 1 heterocycles. The normalized spacial score (nSPS) is 17.0. The average molecular weight is 452 g/mol. The van der Waals surface area contributed by atoms with E-state index in [1.54, 1.807) is 12.1 Å². The van der Waals surface area contributed by atoms with Gasteiger partial charge in [0.2, 0.25) is 15.9 Å². The second-order valence-corrected chi connectivity index (χ2v) is 9.29. The van der Waals surface area contributed by atoms with Crippen LogP contribution in [0.1, 0.15) is 32.3 Å². The van der Waals surface area contributed by atoms with E-state index in [-0.39, 0.29) is 23.8 Å². The maximum atomic E-state index is 14.2. The Balaban J connectivity index is 1.72. The van der Waals surface area contributed by atoms with E-state index in [0.717, 1.165) is 17.7 Å². The summed E-state index contributed by atoms with van der Waals surface area (Å²) in [6.07, 6.45) is 0.960. The van der Waals surface area contributed by atoms with Crippen LogP contribution in [0, 0.1) is 11.6 Å². The molecule has 31 heavy (non-hydrogen) atoms. The SMILES string of the molecule is CCN(CC)c1cc(CNC(=O)[C@@H]2CCCN2S(=O)(=O)c2ccc(F)cc2)ccc1F. The molecule has 1 atom stereocenters. The van der Waals surface area contributed by atoms with Gasteiger partial charge in [0.05, 0.1) is 10.6 Å². The Bertz CT molecular complexity index is 1020. The van der Waals surface area contributed by atoms with E-state index in [1.807, 2.05) is 18.7 Å². The number of halogens is 2. The van der Waals surface area contributed by atoms with Gasteiger partial charge in [-0.2, -0.15) is 4.31 Å². The van der Waals surface area contributed by atoms with E-state index in [4.69, 9.17) is 0 Å². The number of sulfonamides is 1. The largest absolute Gasteiger partial charge is 0.370 e. The van der Waals surface area contributed by atoms with Crippen LogP contribution in [-0.2, 0) is 21.4 Å². The maximum Gasteiger partial charge on any atom is 0.243 e. The molecule has 1 amide bonds. The standard InChI is InChI=1S/C22H27F2N3O3S/c1-3-26(4-2)21-14-16(7-12-19(21)24)15-25-22(28)20-6-5-13-27(20)31(29,30)18-10-8-17(23)9-11-18/h7-12,14,20H,3-6,13,15H2,1-2H3,(H,25,28)/t20-/m0/s1. The van der Waals surface area contributed by atoms with Crippen molar-refractivity contribution in [2.75, 3.05) is 24.5 Å². The molecule has 2 aromatic rings. The summed E-state index contributed by atoms with van der Waals surface area (Å²) in [6, 6.07) is 8.40. The quantitative estimate of drug-likeness (QED) is 0.669. The molecule has 2 aromatic carbocycles. The fourth-order valence-electron chi connectivity index (χ4n) is 3.81. The number of carbonyl (C=O) groups is 1. The van der Waals surface area contributed by atoms with Gasteiger partial charge in [0.15, 0.2) is 0 Å². The Morgan fingerprint density at radius 2 is 1.81 bits per heavy atom. The second kappa shape index (κ2) is 9.74. The van der Waals surface area contributed by atoms with E-state index in [2.05, 4.69) is 5.32 Å². The predicted octanol–water partition coefficient (Wildman–Crippen LogP) is 3.28. The zero-order chi connectivity index (χ0) is 22.6. The number of anilines is 1. The van der Waals surface area contributed by atoms with Crippen LogP contribution in [0.4, 0.5) is 14.5 Å². The Labute approximate surface area is 181 Å². The molecular formula is C22H27F2N3O3S. The smallest absolute Gasteiger partial charge is 0.243 e. The predicted molar refractivity (Wildman–Crippen MR) is 115 cm³/mol. The van der Waals surface area contributed by atoms with Crippen molar-refractivity contribution in [3.05, 3.63) is 59.7 Å². The lowest BCUT2D eigenvalue weighted by Gasteiger charge is -2.24. The molecule has 0 spiro atoms. The molecule has 0 aromatic heterocycles. The van der Waals surface area contributed by atoms with Crippen molar-refractivity contribution in [2.24, 2.45) is 0 Å². The van der Waals surface area contributed by atoms with Gasteiger partial charge in [-0.25, -0.2) is 17.2 Å². The van der Waals surface area contributed by atoms with Gasteiger partial charge in [-0.05, 0) is 68.7 Å². The summed E-state index contributed by atoms with van der Waals surface area (Å²) < 4.78 is 54.4. The summed E-state index contributed by atoms with van der Waals surface area (Å²) in [5.74, 6) is -1.26. The van der Waals surface area contributed by atoms with E-state index in [1.165, 1.54) is 22.5 Å². The van der Waals surface area contributed by atoms with Crippen molar-refractivity contribution in [1.29, 1.82) is 0 Å². The second-order valence-electron chi connectivity index (χ2n) is 7.40. The van der Waals surface area contributed by atoms with E-state index in [0.29, 0.717) is 31.6 Å². The van der Waals surface area contributed by atoms with E-state index >= 15 is 0 Å². The van der Waals surface area contributed by atoms with Crippen LogP contribution in [0.15, 0.2) is 47.4 Å². The molecule has 0 unspecified atom stereocenters. The molecule has 1 aliphatic rings. The summed E-state index contributed by atoms with van der Waals surface area (Å²) >= 11 is 0. The molecule has 3 rings (SSSR count). The molecule has 0 saturated carbocycles. The average Bonchev–Trinajstić information content (AvgIpc) is 3.26. The molecular weight excluding hydrogens is 424 g/mol. The van der Waals surface area contributed by atoms with Crippen molar-refractivity contribution >= 4 is 21.6 Å². The fourth-order valence-corrected chi connectivity index (χ4v) is 5.47. The summed E-state index contributed by atoms with van der Waals surface area (Å²) in [6.45, 7) is 5.57. The third-order valence-corrected chi connectivity index (χ3v) is 7.43. The minimum absolute atomic E-state index is 0.0454. The monoisotopic (exact) mass is 451 g/mol. The first kappa shape index (κ1) is 23.1. The van der Waals surface area contributed by atoms with Gasteiger partial charge >= 0.3 is 0 Å². The minimum Gasteiger partial charge on any atom is -0.370 e. The Morgan fingerprint density at radius 1 is 1.13 bits per heavy atom. The molecule has 1 N–H and O–H groups in total. The van der Waals surface area contributed by atoms with Gasteiger partial charge < -0.3 is 10.2 Å². The molecule has 168 valence electrons. The Kier molecular flexibility index (Phi) is 7.27. The molecule has 1 aliphatic heterocycles. The van der Waals surface area contributed by atoms with Gasteiger partial charge in [0, 0.05) is 26.2 Å². The van der Waals surface area contributed by atoms with Crippen LogP contribution in [0.25, 0.3) is 0 Å². The van der Waals surface area contributed by atoms with Crippen LogP contribution >= 0.6 is 0 Å². The third-order valence-electron chi connectivity index (χ3n) is 5.51. The first-order valence-corrected chi connectivity index (χ1v) is 11.8. The number of carbonyl (C=O) groups excluding carboxylic acids is 1. The summed E-state index contributed by atoms with van der Waals surface area (Å²) in [5.41, 5.74) is 1.20. The van der Waals surface area contributed by atoms with E-state index in [9.17, 15) is 22.0 Å². The fraction of sp³-hybridized carbons (Fsp3) is 0.409. The summed E-state index contributed by atoms with van der Waals surface area (Å²) in [5, 5.41) is 2.78. The molecule has 1 saturated heterocycles. The van der Waals surface area contributed by atoms with Crippen molar-refractivity contribution in [3.8, 4) is 0 Å². The lowest BCUT2D eigenvalue weighted by molar-refractivity contribution is -0.124. The minimum atomic E-state index is -3.91. The van der Waals surface area contributed by atoms with Crippen molar-refractivity contribution in [2.45, 2.75) is 44.2 Å². The van der Waals surface area contributed by atoms with E-state index < -0.39 is 27.8 Å². The highest BCUT2D eigenvalue weighted by molar-refractivity contribution is 7.89. The third kappa shape index (κ3) is 5.04. The van der Waals surface area contributed by atoms with Crippen molar-refractivity contribution in [1.82, 2.24) is 9.62 Å². The van der Waals surface area contributed by atoms with Gasteiger partial charge in [-0.15, -0.1) is 0 Å². The summed E-state index contributed by atoms with van der Waals surface area (Å²) in [7, 11) is -3.91. The van der Waals surface area contributed by atoms with Crippen LogP contribution in [0.5, 0.6) is 0 Å². The zero-order valence-corrected chi connectivity index (χ0v) is 18.5. The molecule has 0 aliphatic carbocycles. The zero-order valence-electron chi connectivity index (χ0n) is 17.6. The Hall–Kier alpha value is -2.52. The number of hydrogen-bond acceptors (Lipinski definition) is 4. The number of amides is 1. The Morgan fingerprint density at radius 3 is 2.45 bits per heavy atom. The van der Waals surface area contributed by atoms with Gasteiger partial charge in [0.25, 0.3) is 0 Å². The number of hydrogen-bond donors (Lipinski definition) is 1. The lowest BCUT2D eigenvalue weighted by Crippen LogP contribution is -2.45. The van der Waals surface area contributed by atoms with Crippen LogP contribution in [0.3, 0.4) is 0 Å². The first-order valence-electron chi connectivity index (χ1n) is 10.4. The van der Waals surface area contributed by atoms with Crippen LogP contribution < -0.4 is 10.2 Å². The van der Waals surface area contributed by atoms with Gasteiger partial charge in [0.1, 0.15) is 17.7 Å². The van der Waals surface area contributed by atoms with Crippen molar-refractivity contribution < 1.29 is 22.0 Å². The van der Waals surface area contributed by atoms with Gasteiger partial charge in [-0.3, -0.25) is 4.79 Å². The molecule has 9 heteroatoms. The molecule has 0 radical (unpaired) electrons. The lowest BCUT2D eigenvalue weighted by atomic mass is 10.1. The molecule has 1 fully saturated rings. The maximum absolute atomic E-state index is 14.2. The molecule has 6 nitrogen and oxygen atoms in total. The van der Waals surface area contributed by atoms with Gasteiger partial charge in [-0.1, -0.05) is 6.07 Å². The highest BCUT2D eigenvalue weighted by Gasteiger charge is 2.39. The number of nitrogens with zero attached hydrogens (tertiary/aromatic N) is 2. The van der Waals surface area contributed by atoms with Crippen molar-refractivity contribution in [3.63, 3.8) is 0 Å². The van der Waals surface area contributed by atoms with Crippen LogP contribution in [-0.4, -0.2) is 44.3 Å². The first-order chi connectivity index (χ1) is 14.8. The summed E-state index contributed by atoms with van der Waals surface area (Å²) in [4.78, 5) is 14.6. The number of benzene rings is 2. The topological polar surface area (TPSA) is 69.7 Å². The molecule has 0 bridgehead atoms. The number of rotatable bonds is 8. The number of nitrogens with one attached hydrogen (secondary N) is 1.